The normalized spacial score (nSPS) is 25.9. The Balaban J connectivity index is 3.22. The number of carbonyl (C=O) groups excluding carboxylic acids is 3. The van der Waals surface area contributed by atoms with Crippen molar-refractivity contribution in [1.82, 2.24) is 10.4 Å². The van der Waals surface area contributed by atoms with Crippen molar-refractivity contribution in [3.63, 3.8) is 0 Å². The largest absolute Gasteiger partial charge is 0.355 e. The highest BCUT2D eigenvalue weighted by Gasteiger charge is 2.56. The van der Waals surface area contributed by atoms with Gasteiger partial charge in [-0.15, -0.1) is 11.6 Å². The Hall–Kier alpha value is -1.69. The Labute approximate surface area is 106 Å². The molecule has 0 spiro atoms. The number of urea groups is 1. The van der Waals surface area contributed by atoms with Crippen LogP contribution in [0.15, 0.2) is 12.7 Å². The maximum Gasteiger partial charge on any atom is 0.355 e. The number of hydrogen-bond acceptors (Lipinski definition) is 4. The number of amides is 4. The third-order valence-corrected chi connectivity index (χ3v) is 3.42. The van der Waals surface area contributed by atoms with Crippen LogP contribution in [0.2, 0.25) is 0 Å². The third-order valence-electron chi connectivity index (χ3n) is 3.42. The second kappa shape index (κ2) is 5.30. The molecule has 100 valence electrons. The molecule has 6 nitrogen and oxygen atoms in total. The third kappa shape index (κ3) is 2.03. The molecule has 6 heteroatoms. The minimum Gasteiger partial charge on any atom is -0.277 e. The van der Waals surface area contributed by atoms with Crippen molar-refractivity contribution in [2.75, 3.05) is 0 Å². The van der Waals surface area contributed by atoms with Gasteiger partial charge in [0.15, 0.2) is 0 Å². The number of nitrogens with one attached hydrogen (secondary N) is 1. The first kappa shape index (κ1) is 14.4. The lowest BCUT2D eigenvalue weighted by molar-refractivity contribution is -0.177. The summed E-state index contributed by atoms with van der Waals surface area (Å²) in [6, 6.07) is -1.10. The van der Waals surface area contributed by atoms with Gasteiger partial charge in [0.25, 0.3) is 5.91 Å². The molecule has 1 fully saturated rings. The second-order valence-corrected chi connectivity index (χ2v) is 4.53. The van der Waals surface area contributed by atoms with Crippen LogP contribution >= 0.6 is 0 Å². The molecule has 1 aliphatic heterocycles. The number of hydroxylamine groups is 2. The van der Waals surface area contributed by atoms with Gasteiger partial charge in [0.1, 0.15) is 5.41 Å². The Bertz CT molecular complexity index is 394. The fourth-order valence-corrected chi connectivity index (χ4v) is 2.36. The number of nitrogens with zero attached hydrogens (tertiary/aromatic N) is 1. The van der Waals surface area contributed by atoms with Gasteiger partial charge in [0.05, 0.1) is 0 Å². The number of rotatable bonds is 5. The number of imide groups is 2. The van der Waals surface area contributed by atoms with Gasteiger partial charge in [-0.25, -0.2) is 4.79 Å². The van der Waals surface area contributed by atoms with Crippen LogP contribution in [0.3, 0.4) is 0 Å². The van der Waals surface area contributed by atoms with Crippen LogP contribution in [0, 0.1) is 11.3 Å². The average Bonchev–Trinajstić information content (AvgIpc) is 2.32. The van der Waals surface area contributed by atoms with Gasteiger partial charge in [0, 0.05) is 0 Å². The standard InChI is InChI=1S/C12H18N2O4/c1-4-6-8(3)12(7-5-2)9(15)13-11(17)14(18)10(12)16/h5,8,18H,2,4,6-7H2,1,3H3,(H,13,15,17)/t8-,12-/m0/s1. The molecule has 0 unspecified atom stereocenters. The Morgan fingerprint density at radius 3 is 2.61 bits per heavy atom. The van der Waals surface area contributed by atoms with Crippen LogP contribution in [0.1, 0.15) is 33.1 Å². The van der Waals surface area contributed by atoms with Crippen molar-refractivity contribution in [2.45, 2.75) is 33.1 Å². The molecule has 0 aromatic carbocycles. The summed E-state index contributed by atoms with van der Waals surface area (Å²) in [6.07, 6.45) is 2.96. The van der Waals surface area contributed by atoms with Gasteiger partial charge in [0.2, 0.25) is 5.91 Å². The first-order chi connectivity index (χ1) is 8.41. The van der Waals surface area contributed by atoms with Gasteiger partial charge in [-0.3, -0.25) is 20.1 Å². The summed E-state index contributed by atoms with van der Waals surface area (Å²) in [5.74, 6) is -1.84. The van der Waals surface area contributed by atoms with Crippen LogP contribution in [0.5, 0.6) is 0 Å². The summed E-state index contributed by atoms with van der Waals surface area (Å²) in [5, 5.41) is 11.4. The Morgan fingerprint density at radius 1 is 1.50 bits per heavy atom. The molecule has 1 rings (SSSR count). The molecule has 0 aliphatic carbocycles. The smallest absolute Gasteiger partial charge is 0.277 e. The Morgan fingerprint density at radius 2 is 2.11 bits per heavy atom. The van der Waals surface area contributed by atoms with E-state index < -0.39 is 23.3 Å². The van der Waals surface area contributed by atoms with Crippen LogP contribution < -0.4 is 5.32 Å². The number of allylic oxidation sites excluding steroid dienone is 1. The van der Waals surface area contributed by atoms with Crippen LogP contribution in [-0.2, 0) is 9.59 Å². The first-order valence-corrected chi connectivity index (χ1v) is 5.91. The van der Waals surface area contributed by atoms with E-state index in [1.807, 2.05) is 12.2 Å². The molecule has 2 N–H and O–H groups in total. The summed E-state index contributed by atoms with van der Waals surface area (Å²) >= 11 is 0. The van der Waals surface area contributed by atoms with Crippen molar-refractivity contribution in [1.29, 1.82) is 0 Å². The lowest BCUT2D eigenvalue weighted by atomic mass is 9.69. The molecular formula is C12H18N2O4. The Kier molecular flexibility index (Phi) is 4.24. The molecule has 0 radical (unpaired) electrons. The molecule has 0 aromatic heterocycles. The number of hydrogen-bond donors (Lipinski definition) is 2. The van der Waals surface area contributed by atoms with E-state index in [0.717, 1.165) is 6.42 Å². The summed E-state index contributed by atoms with van der Waals surface area (Å²) in [7, 11) is 0. The minimum atomic E-state index is -1.44. The quantitative estimate of drug-likeness (QED) is 0.441. The van der Waals surface area contributed by atoms with Crippen LogP contribution in [-0.4, -0.2) is 28.1 Å². The minimum absolute atomic E-state index is 0.0168. The van der Waals surface area contributed by atoms with E-state index in [-0.39, 0.29) is 17.4 Å². The van der Waals surface area contributed by atoms with Crippen molar-refractivity contribution < 1.29 is 19.6 Å². The lowest BCUT2D eigenvalue weighted by Gasteiger charge is -2.40. The van der Waals surface area contributed by atoms with E-state index in [1.165, 1.54) is 6.08 Å². The molecular weight excluding hydrogens is 236 g/mol. The van der Waals surface area contributed by atoms with E-state index in [0.29, 0.717) is 6.42 Å². The van der Waals surface area contributed by atoms with E-state index in [9.17, 15) is 19.6 Å². The molecule has 0 aromatic rings. The van der Waals surface area contributed by atoms with Crippen molar-refractivity contribution in [2.24, 2.45) is 11.3 Å². The van der Waals surface area contributed by atoms with Crippen molar-refractivity contribution in [3.05, 3.63) is 12.7 Å². The van der Waals surface area contributed by atoms with Crippen LogP contribution in [0.25, 0.3) is 0 Å². The first-order valence-electron chi connectivity index (χ1n) is 5.91. The maximum absolute atomic E-state index is 12.1. The summed E-state index contributed by atoms with van der Waals surface area (Å²) in [4.78, 5) is 35.4. The predicted octanol–water partition coefficient (Wildman–Crippen LogP) is 1.45. The molecule has 1 heterocycles. The fourth-order valence-electron chi connectivity index (χ4n) is 2.36. The topological polar surface area (TPSA) is 86.7 Å². The van der Waals surface area contributed by atoms with E-state index >= 15 is 0 Å². The van der Waals surface area contributed by atoms with Crippen molar-refractivity contribution in [3.8, 4) is 0 Å². The SMILES string of the molecule is C=CC[C@]1([C@@H](C)CCC)C(=O)NC(=O)N(O)C1=O. The van der Waals surface area contributed by atoms with E-state index in [1.54, 1.807) is 6.92 Å². The second-order valence-electron chi connectivity index (χ2n) is 4.53. The molecule has 2 atom stereocenters. The zero-order chi connectivity index (χ0) is 13.9. The molecule has 1 saturated heterocycles. The fraction of sp³-hybridized carbons (Fsp3) is 0.583. The average molecular weight is 254 g/mol. The van der Waals surface area contributed by atoms with Crippen LogP contribution in [0.4, 0.5) is 4.79 Å². The van der Waals surface area contributed by atoms with Gasteiger partial charge >= 0.3 is 6.03 Å². The zero-order valence-electron chi connectivity index (χ0n) is 10.6. The van der Waals surface area contributed by atoms with Gasteiger partial charge < -0.3 is 0 Å². The molecule has 18 heavy (non-hydrogen) atoms. The van der Waals surface area contributed by atoms with Gasteiger partial charge in [-0.2, -0.15) is 0 Å². The highest BCUT2D eigenvalue weighted by Crippen LogP contribution is 2.39. The number of carbonyl (C=O) groups is 3. The summed E-state index contributed by atoms with van der Waals surface area (Å²) < 4.78 is 0. The maximum atomic E-state index is 12.1. The highest BCUT2D eigenvalue weighted by molar-refractivity contribution is 6.18. The van der Waals surface area contributed by atoms with E-state index in [2.05, 4.69) is 6.58 Å². The monoisotopic (exact) mass is 254 g/mol. The molecule has 4 amide bonds. The highest BCUT2D eigenvalue weighted by atomic mass is 16.5. The summed E-state index contributed by atoms with van der Waals surface area (Å²) in [6.45, 7) is 7.23. The molecule has 0 saturated carbocycles. The number of barbiturate groups is 1. The van der Waals surface area contributed by atoms with Gasteiger partial charge in [-0.05, 0) is 18.8 Å². The lowest BCUT2D eigenvalue weighted by Crippen LogP contribution is -2.64. The summed E-state index contributed by atoms with van der Waals surface area (Å²) in [5.41, 5.74) is -1.44. The van der Waals surface area contributed by atoms with Gasteiger partial charge in [-0.1, -0.05) is 26.3 Å². The van der Waals surface area contributed by atoms with E-state index in [4.69, 9.17) is 0 Å². The van der Waals surface area contributed by atoms with Crippen molar-refractivity contribution >= 4 is 17.8 Å². The zero-order valence-corrected chi connectivity index (χ0v) is 10.6. The predicted molar refractivity (Wildman–Crippen MR) is 63.5 cm³/mol. The molecule has 1 aliphatic rings. The molecule has 0 bridgehead atoms.